The highest BCUT2D eigenvalue weighted by molar-refractivity contribution is 7.80. The molecule has 3 amide bonds. The van der Waals surface area contributed by atoms with Crippen LogP contribution in [0.15, 0.2) is 0 Å². The zero-order valence-corrected chi connectivity index (χ0v) is 19.2. The monoisotopic (exact) mass is 463 g/mol. The molecule has 0 fully saturated rings. The number of carbonyl (C=O) groups is 4. The minimum absolute atomic E-state index is 0.0344. The Labute approximate surface area is 188 Å². The Balaban J connectivity index is 5.20. The minimum Gasteiger partial charge on any atom is -0.480 e. The van der Waals surface area contributed by atoms with Crippen molar-refractivity contribution in [1.82, 2.24) is 16.0 Å². The molecule has 0 saturated carbocycles. The number of rotatable bonds is 15. The molecule has 12 heteroatoms. The highest BCUT2D eigenvalue weighted by Gasteiger charge is 2.33. The predicted molar refractivity (Wildman–Crippen MR) is 119 cm³/mol. The highest BCUT2D eigenvalue weighted by atomic mass is 32.1. The Morgan fingerprint density at radius 3 is 2.00 bits per heavy atom. The number of aliphatic hydroxyl groups excluding tert-OH is 1. The predicted octanol–water partition coefficient (Wildman–Crippen LogP) is -1.66. The minimum atomic E-state index is -1.53. The van der Waals surface area contributed by atoms with Crippen molar-refractivity contribution in [2.24, 2.45) is 17.4 Å². The molecule has 6 atom stereocenters. The molecule has 0 aliphatic carbocycles. The summed E-state index contributed by atoms with van der Waals surface area (Å²) in [7, 11) is 0. The van der Waals surface area contributed by atoms with Gasteiger partial charge in [-0.3, -0.25) is 14.4 Å². The van der Waals surface area contributed by atoms with E-state index in [9.17, 15) is 24.3 Å². The Bertz CT molecular complexity index is 606. The van der Waals surface area contributed by atoms with Crippen LogP contribution in [-0.4, -0.2) is 76.5 Å². The van der Waals surface area contributed by atoms with E-state index in [4.69, 9.17) is 16.6 Å². The van der Waals surface area contributed by atoms with Gasteiger partial charge < -0.3 is 37.6 Å². The topological polar surface area (TPSA) is 197 Å². The molecule has 0 rings (SSSR count). The van der Waals surface area contributed by atoms with Crippen molar-refractivity contribution in [2.75, 3.05) is 12.3 Å². The second-order valence-corrected chi connectivity index (χ2v) is 7.94. The number of carbonyl (C=O) groups excluding carboxylic acids is 3. The maximum absolute atomic E-state index is 12.7. The molecule has 0 aromatic heterocycles. The molecule has 11 nitrogen and oxygen atoms in total. The molecule has 31 heavy (non-hydrogen) atoms. The van der Waals surface area contributed by atoms with E-state index in [2.05, 4.69) is 28.6 Å². The third-order valence-corrected chi connectivity index (χ3v) is 5.33. The van der Waals surface area contributed by atoms with Gasteiger partial charge in [0, 0.05) is 5.75 Å². The molecule has 0 spiro atoms. The maximum atomic E-state index is 12.7. The van der Waals surface area contributed by atoms with E-state index < -0.39 is 54.0 Å². The standard InChI is InChI=1S/C19H37N5O6S/c1-4-10(2)14(18(28)24-15(11(3)25)19(29)30)23-17(27)13(9-31)22-16(26)12(21)7-5-6-8-20/h10-15,25,31H,4-9,20-21H2,1-3H3,(H,22,26)(H,23,27)(H,24,28)(H,29,30). The van der Waals surface area contributed by atoms with Gasteiger partial charge in [-0.25, -0.2) is 4.79 Å². The first-order valence-corrected chi connectivity index (χ1v) is 11.0. The number of amides is 3. The molecule has 0 aliphatic rings. The van der Waals surface area contributed by atoms with E-state index in [1.165, 1.54) is 6.92 Å². The van der Waals surface area contributed by atoms with E-state index in [0.29, 0.717) is 25.8 Å². The number of thiol groups is 1. The molecule has 9 N–H and O–H groups in total. The lowest BCUT2D eigenvalue weighted by atomic mass is 9.97. The fraction of sp³-hybridized carbons (Fsp3) is 0.789. The lowest BCUT2D eigenvalue weighted by Gasteiger charge is -2.28. The summed E-state index contributed by atoms with van der Waals surface area (Å²) in [5, 5.41) is 26.1. The summed E-state index contributed by atoms with van der Waals surface area (Å²) in [5.74, 6) is -3.70. The van der Waals surface area contributed by atoms with E-state index >= 15 is 0 Å². The molecular weight excluding hydrogens is 426 g/mol. The van der Waals surface area contributed by atoms with Crippen LogP contribution in [0.4, 0.5) is 0 Å². The van der Waals surface area contributed by atoms with E-state index in [1.807, 2.05) is 0 Å². The summed E-state index contributed by atoms with van der Waals surface area (Å²) in [4.78, 5) is 48.9. The summed E-state index contributed by atoms with van der Waals surface area (Å²) >= 11 is 4.10. The molecule has 0 radical (unpaired) electrons. The molecule has 0 aromatic rings. The second kappa shape index (κ2) is 15.0. The fourth-order valence-electron chi connectivity index (χ4n) is 2.70. The van der Waals surface area contributed by atoms with Crippen LogP contribution >= 0.6 is 12.6 Å². The highest BCUT2D eigenvalue weighted by Crippen LogP contribution is 2.10. The summed E-state index contributed by atoms with van der Waals surface area (Å²) in [6.07, 6.45) is 0.993. The summed E-state index contributed by atoms with van der Waals surface area (Å²) in [5.41, 5.74) is 11.3. The Kier molecular flexibility index (Phi) is 14.1. The fourth-order valence-corrected chi connectivity index (χ4v) is 2.96. The SMILES string of the molecule is CCC(C)C(NC(=O)C(CS)NC(=O)C(N)CCCCN)C(=O)NC(C(=O)O)C(C)O. The Morgan fingerprint density at radius 2 is 1.55 bits per heavy atom. The summed E-state index contributed by atoms with van der Waals surface area (Å²) in [6, 6.07) is -4.45. The molecule has 6 unspecified atom stereocenters. The number of carboxylic acid groups (broad SMARTS) is 1. The first-order valence-electron chi connectivity index (χ1n) is 10.4. The number of hydrogen-bond acceptors (Lipinski definition) is 8. The number of unbranched alkanes of at least 4 members (excludes halogenated alkanes) is 1. The lowest BCUT2D eigenvalue weighted by molar-refractivity contribution is -0.145. The number of carboxylic acids is 1. The zero-order valence-electron chi connectivity index (χ0n) is 18.3. The number of aliphatic hydroxyl groups is 1. The van der Waals surface area contributed by atoms with Crippen LogP contribution in [0, 0.1) is 5.92 Å². The van der Waals surface area contributed by atoms with Crippen LogP contribution in [0.2, 0.25) is 0 Å². The van der Waals surface area contributed by atoms with Gasteiger partial charge in [-0.15, -0.1) is 0 Å². The van der Waals surface area contributed by atoms with Gasteiger partial charge in [-0.05, 0) is 32.2 Å². The third-order valence-electron chi connectivity index (χ3n) is 4.96. The molecule has 0 aromatic carbocycles. The van der Waals surface area contributed by atoms with Crippen LogP contribution < -0.4 is 27.4 Å². The summed E-state index contributed by atoms with van der Waals surface area (Å²) < 4.78 is 0. The van der Waals surface area contributed by atoms with Gasteiger partial charge in [-0.2, -0.15) is 12.6 Å². The van der Waals surface area contributed by atoms with Crippen molar-refractivity contribution < 1.29 is 29.4 Å². The van der Waals surface area contributed by atoms with Gasteiger partial charge in [0.15, 0.2) is 6.04 Å². The van der Waals surface area contributed by atoms with Crippen molar-refractivity contribution in [3.8, 4) is 0 Å². The van der Waals surface area contributed by atoms with Gasteiger partial charge in [0.25, 0.3) is 0 Å². The number of nitrogens with one attached hydrogen (secondary N) is 3. The van der Waals surface area contributed by atoms with Crippen LogP contribution in [0.3, 0.4) is 0 Å². The molecule has 180 valence electrons. The number of nitrogens with two attached hydrogens (primary N) is 2. The number of aliphatic carboxylic acids is 1. The maximum Gasteiger partial charge on any atom is 0.328 e. The summed E-state index contributed by atoms with van der Waals surface area (Å²) in [6.45, 7) is 5.25. The average molecular weight is 464 g/mol. The largest absolute Gasteiger partial charge is 0.480 e. The second-order valence-electron chi connectivity index (χ2n) is 7.57. The van der Waals surface area contributed by atoms with Crippen LogP contribution in [0.1, 0.15) is 46.5 Å². The van der Waals surface area contributed by atoms with E-state index in [1.54, 1.807) is 13.8 Å². The van der Waals surface area contributed by atoms with Gasteiger partial charge in [0.1, 0.15) is 12.1 Å². The van der Waals surface area contributed by atoms with Crippen molar-refractivity contribution in [2.45, 2.75) is 76.7 Å². The van der Waals surface area contributed by atoms with Crippen molar-refractivity contribution >= 4 is 36.3 Å². The van der Waals surface area contributed by atoms with Crippen LogP contribution in [0.25, 0.3) is 0 Å². The molecule has 0 saturated heterocycles. The van der Waals surface area contributed by atoms with Gasteiger partial charge >= 0.3 is 5.97 Å². The molecule has 0 bridgehead atoms. The first kappa shape index (κ1) is 29.1. The van der Waals surface area contributed by atoms with Gasteiger partial charge in [0.2, 0.25) is 17.7 Å². The molecular formula is C19H37N5O6S. The normalized spacial score (nSPS) is 16.9. The zero-order chi connectivity index (χ0) is 24.1. The van der Waals surface area contributed by atoms with E-state index in [0.717, 1.165) is 6.42 Å². The van der Waals surface area contributed by atoms with Crippen molar-refractivity contribution in [3.63, 3.8) is 0 Å². The third kappa shape index (κ3) is 10.3. The Hall–Kier alpha value is -1.89. The van der Waals surface area contributed by atoms with Gasteiger partial charge in [-0.1, -0.05) is 26.7 Å². The molecule has 0 heterocycles. The lowest BCUT2D eigenvalue weighted by Crippen LogP contribution is -2.60. The van der Waals surface area contributed by atoms with Crippen molar-refractivity contribution in [3.05, 3.63) is 0 Å². The molecule has 0 aliphatic heterocycles. The first-order chi connectivity index (χ1) is 14.5. The quantitative estimate of drug-likeness (QED) is 0.104. The van der Waals surface area contributed by atoms with Crippen molar-refractivity contribution in [1.29, 1.82) is 0 Å². The smallest absolute Gasteiger partial charge is 0.328 e. The Morgan fingerprint density at radius 1 is 0.968 bits per heavy atom. The number of hydrogen-bond donors (Lipinski definition) is 8. The van der Waals surface area contributed by atoms with Crippen LogP contribution in [-0.2, 0) is 19.2 Å². The average Bonchev–Trinajstić information content (AvgIpc) is 2.72. The van der Waals surface area contributed by atoms with Gasteiger partial charge in [0.05, 0.1) is 12.1 Å². The van der Waals surface area contributed by atoms with Crippen LogP contribution in [0.5, 0.6) is 0 Å². The van der Waals surface area contributed by atoms with E-state index in [-0.39, 0.29) is 11.7 Å².